The molecule has 6 heteroatoms. The van der Waals surface area contributed by atoms with Crippen molar-refractivity contribution in [3.8, 4) is 0 Å². The molecular formula is C11H26N2O3S. The Morgan fingerprint density at radius 1 is 1.35 bits per heavy atom. The molecule has 0 spiro atoms. The Bertz CT molecular complexity index is 311. The van der Waals surface area contributed by atoms with E-state index in [1.165, 1.54) is 0 Å². The maximum Gasteiger partial charge on any atom is 0.153 e. The quantitative estimate of drug-likeness (QED) is 0.591. The van der Waals surface area contributed by atoms with Gasteiger partial charge in [0.15, 0.2) is 9.84 Å². The van der Waals surface area contributed by atoms with Gasteiger partial charge in [-0.15, -0.1) is 0 Å². The van der Waals surface area contributed by atoms with Crippen molar-refractivity contribution in [1.29, 1.82) is 0 Å². The first-order chi connectivity index (χ1) is 7.57. The van der Waals surface area contributed by atoms with Gasteiger partial charge in [0.2, 0.25) is 0 Å². The molecular weight excluding hydrogens is 240 g/mol. The number of nitrogens with zero attached hydrogens (tertiary/aromatic N) is 1. The third kappa shape index (κ3) is 7.70. The summed E-state index contributed by atoms with van der Waals surface area (Å²) in [4.78, 5) is 1.90. The topological polar surface area (TPSA) is 69.6 Å². The van der Waals surface area contributed by atoms with Gasteiger partial charge in [0.1, 0.15) is 0 Å². The van der Waals surface area contributed by atoms with Gasteiger partial charge in [-0.05, 0) is 34.9 Å². The summed E-state index contributed by atoms with van der Waals surface area (Å²) in [6.07, 6.45) is 0. The first-order valence-corrected chi connectivity index (χ1v) is 7.58. The molecule has 0 rings (SSSR count). The van der Waals surface area contributed by atoms with E-state index in [0.29, 0.717) is 19.6 Å². The average molecular weight is 266 g/mol. The zero-order valence-electron chi connectivity index (χ0n) is 11.5. The lowest BCUT2D eigenvalue weighted by Crippen LogP contribution is -2.46. The maximum atomic E-state index is 11.5. The van der Waals surface area contributed by atoms with Crippen molar-refractivity contribution in [2.45, 2.75) is 31.6 Å². The zero-order valence-corrected chi connectivity index (χ0v) is 12.3. The molecule has 0 aliphatic heterocycles. The van der Waals surface area contributed by atoms with Crippen LogP contribution < -0.4 is 5.32 Å². The molecule has 0 aromatic rings. The van der Waals surface area contributed by atoms with Crippen LogP contribution in [0.2, 0.25) is 0 Å². The highest BCUT2D eigenvalue weighted by Gasteiger charge is 2.21. The predicted molar refractivity (Wildman–Crippen MR) is 71.0 cm³/mol. The molecule has 0 aliphatic rings. The number of nitrogens with one attached hydrogen (secondary N) is 1. The Hall–Kier alpha value is -0.170. The molecule has 104 valence electrons. The Balaban J connectivity index is 3.93. The van der Waals surface area contributed by atoms with E-state index in [2.05, 4.69) is 5.32 Å². The molecule has 0 aromatic carbocycles. The molecule has 0 saturated carbocycles. The van der Waals surface area contributed by atoms with Gasteiger partial charge in [-0.2, -0.15) is 0 Å². The monoisotopic (exact) mass is 266 g/mol. The van der Waals surface area contributed by atoms with E-state index in [-0.39, 0.29) is 11.0 Å². The smallest absolute Gasteiger partial charge is 0.153 e. The molecule has 2 N–H and O–H groups in total. The van der Waals surface area contributed by atoms with Crippen LogP contribution in [0.25, 0.3) is 0 Å². The SMILES string of the molecule is CC(C)S(=O)(=O)CCNCC(C)(O)CN(C)C. The number of hydrogen-bond acceptors (Lipinski definition) is 5. The summed E-state index contributed by atoms with van der Waals surface area (Å²) in [5.41, 5.74) is -0.842. The lowest BCUT2D eigenvalue weighted by Gasteiger charge is -2.27. The third-order valence-electron chi connectivity index (χ3n) is 2.44. The summed E-state index contributed by atoms with van der Waals surface area (Å²) in [5, 5.41) is 12.6. The summed E-state index contributed by atoms with van der Waals surface area (Å²) in [6, 6.07) is 0. The molecule has 0 radical (unpaired) electrons. The second-order valence-electron chi connectivity index (χ2n) is 5.33. The molecule has 0 fully saturated rings. The highest BCUT2D eigenvalue weighted by atomic mass is 32.2. The molecule has 0 aliphatic carbocycles. The molecule has 0 heterocycles. The van der Waals surface area contributed by atoms with Crippen LogP contribution in [0.15, 0.2) is 0 Å². The van der Waals surface area contributed by atoms with Crippen LogP contribution in [-0.4, -0.2) is 68.8 Å². The normalized spacial score (nSPS) is 16.5. The van der Waals surface area contributed by atoms with Crippen molar-refractivity contribution < 1.29 is 13.5 Å². The van der Waals surface area contributed by atoms with Gasteiger partial charge in [0.05, 0.1) is 16.6 Å². The number of aliphatic hydroxyl groups is 1. The minimum absolute atomic E-state index is 0.114. The van der Waals surface area contributed by atoms with Crippen molar-refractivity contribution in [3.05, 3.63) is 0 Å². The number of sulfone groups is 1. The number of rotatable bonds is 8. The second-order valence-corrected chi connectivity index (χ2v) is 8.00. The van der Waals surface area contributed by atoms with Crippen LogP contribution in [-0.2, 0) is 9.84 Å². The van der Waals surface area contributed by atoms with Gasteiger partial charge in [0.25, 0.3) is 0 Å². The van der Waals surface area contributed by atoms with E-state index in [4.69, 9.17) is 0 Å². The van der Waals surface area contributed by atoms with E-state index >= 15 is 0 Å². The summed E-state index contributed by atoms with van der Waals surface area (Å²) in [7, 11) is 0.780. The highest BCUT2D eigenvalue weighted by molar-refractivity contribution is 7.92. The lowest BCUT2D eigenvalue weighted by molar-refractivity contribution is 0.0344. The average Bonchev–Trinajstić information content (AvgIpc) is 2.10. The molecule has 0 amide bonds. The first kappa shape index (κ1) is 16.8. The fraction of sp³-hybridized carbons (Fsp3) is 1.00. The Morgan fingerprint density at radius 3 is 2.29 bits per heavy atom. The van der Waals surface area contributed by atoms with E-state index in [9.17, 15) is 13.5 Å². The molecule has 1 unspecified atom stereocenters. The van der Waals surface area contributed by atoms with Crippen molar-refractivity contribution in [1.82, 2.24) is 10.2 Å². The molecule has 0 aromatic heterocycles. The van der Waals surface area contributed by atoms with E-state index in [0.717, 1.165) is 0 Å². The van der Waals surface area contributed by atoms with Crippen molar-refractivity contribution in [3.63, 3.8) is 0 Å². The lowest BCUT2D eigenvalue weighted by atomic mass is 10.1. The van der Waals surface area contributed by atoms with Gasteiger partial charge in [-0.25, -0.2) is 8.42 Å². The van der Waals surface area contributed by atoms with Crippen LogP contribution in [0, 0.1) is 0 Å². The van der Waals surface area contributed by atoms with E-state index < -0.39 is 15.4 Å². The summed E-state index contributed by atoms with van der Waals surface area (Å²) >= 11 is 0. The van der Waals surface area contributed by atoms with Gasteiger partial charge in [-0.3, -0.25) is 0 Å². The summed E-state index contributed by atoms with van der Waals surface area (Å²) < 4.78 is 23.0. The van der Waals surface area contributed by atoms with E-state index in [1.807, 2.05) is 19.0 Å². The van der Waals surface area contributed by atoms with Crippen molar-refractivity contribution in [2.75, 3.05) is 39.5 Å². The zero-order chi connectivity index (χ0) is 13.7. The standard InChI is InChI=1S/C11H26N2O3S/c1-10(2)17(15,16)7-6-12-8-11(3,14)9-13(4)5/h10,12,14H,6-9H2,1-5H3. The van der Waals surface area contributed by atoms with Gasteiger partial charge < -0.3 is 15.3 Å². The molecule has 5 nitrogen and oxygen atoms in total. The predicted octanol–water partition coefficient (Wildman–Crippen LogP) is -0.288. The fourth-order valence-corrected chi connectivity index (χ4v) is 2.45. The largest absolute Gasteiger partial charge is 0.388 e. The molecule has 0 saturated heterocycles. The van der Waals surface area contributed by atoms with Crippen LogP contribution in [0.1, 0.15) is 20.8 Å². The number of hydrogen-bond donors (Lipinski definition) is 2. The fourth-order valence-electron chi connectivity index (χ4n) is 1.54. The van der Waals surface area contributed by atoms with Gasteiger partial charge in [0, 0.05) is 19.6 Å². The Morgan fingerprint density at radius 2 is 1.88 bits per heavy atom. The minimum atomic E-state index is -2.99. The van der Waals surface area contributed by atoms with Crippen molar-refractivity contribution in [2.24, 2.45) is 0 Å². The number of likely N-dealkylation sites (N-methyl/N-ethyl adjacent to an activating group) is 1. The molecule has 1 atom stereocenters. The minimum Gasteiger partial charge on any atom is -0.388 e. The van der Waals surface area contributed by atoms with Crippen LogP contribution in [0.4, 0.5) is 0 Å². The van der Waals surface area contributed by atoms with Crippen LogP contribution >= 0.6 is 0 Å². The highest BCUT2D eigenvalue weighted by Crippen LogP contribution is 2.03. The van der Waals surface area contributed by atoms with Crippen LogP contribution in [0.3, 0.4) is 0 Å². The van der Waals surface area contributed by atoms with E-state index in [1.54, 1.807) is 20.8 Å². The first-order valence-electron chi connectivity index (χ1n) is 5.86. The summed E-state index contributed by atoms with van der Waals surface area (Å²) in [5.74, 6) is 0.114. The van der Waals surface area contributed by atoms with Crippen LogP contribution in [0.5, 0.6) is 0 Å². The third-order valence-corrected chi connectivity index (χ3v) is 4.65. The Kier molecular flexibility index (Phi) is 6.61. The van der Waals surface area contributed by atoms with Gasteiger partial charge in [-0.1, -0.05) is 0 Å². The van der Waals surface area contributed by atoms with Gasteiger partial charge >= 0.3 is 0 Å². The van der Waals surface area contributed by atoms with Crippen molar-refractivity contribution >= 4 is 9.84 Å². The Labute approximate surface area is 105 Å². The molecule has 0 bridgehead atoms. The summed E-state index contributed by atoms with van der Waals surface area (Å²) in [6.45, 7) is 6.39. The maximum absolute atomic E-state index is 11.5. The second kappa shape index (κ2) is 6.68. The molecule has 17 heavy (non-hydrogen) atoms.